The number of unbranched alkanes of at least 4 members (excludes halogenated alkanes) is 52. The second kappa shape index (κ2) is 68.6. The first-order valence-corrected chi connectivity index (χ1v) is 35.8. The Labute approximate surface area is 494 Å². The molecule has 79 heavy (non-hydrogen) atoms. The number of rotatable bonds is 67. The van der Waals surface area contributed by atoms with Crippen molar-refractivity contribution in [3.05, 3.63) is 36.5 Å². The van der Waals surface area contributed by atoms with Crippen molar-refractivity contribution in [3.63, 3.8) is 0 Å². The zero-order chi connectivity index (χ0) is 57.1. The smallest absolute Gasteiger partial charge is 0.305 e. The van der Waals surface area contributed by atoms with Crippen molar-refractivity contribution in [1.29, 1.82) is 0 Å². The van der Waals surface area contributed by atoms with Gasteiger partial charge in [-0.15, -0.1) is 0 Å². The van der Waals surface area contributed by atoms with E-state index in [1.54, 1.807) is 6.08 Å². The number of aliphatic hydroxyl groups is 2. The summed E-state index contributed by atoms with van der Waals surface area (Å²) >= 11 is 0. The minimum absolute atomic E-state index is 0.00714. The summed E-state index contributed by atoms with van der Waals surface area (Å²) in [7, 11) is 0. The number of hydrogen-bond donors (Lipinski definition) is 3. The third kappa shape index (κ3) is 65.1. The van der Waals surface area contributed by atoms with Gasteiger partial charge in [0.15, 0.2) is 0 Å². The predicted octanol–water partition coefficient (Wildman–Crippen LogP) is 23.1. The minimum atomic E-state index is -0.851. The highest BCUT2D eigenvalue weighted by molar-refractivity contribution is 5.76. The van der Waals surface area contributed by atoms with Crippen molar-refractivity contribution >= 4 is 11.9 Å². The van der Waals surface area contributed by atoms with E-state index >= 15 is 0 Å². The van der Waals surface area contributed by atoms with E-state index in [9.17, 15) is 19.8 Å². The number of aliphatic hydroxyl groups excluding tert-OH is 2. The number of hydrogen-bond acceptors (Lipinski definition) is 5. The van der Waals surface area contributed by atoms with Gasteiger partial charge in [-0.1, -0.05) is 333 Å². The predicted molar refractivity (Wildman–Crippen MR) is 347 cm³/mol. The molecule has 1 amide bonds. The first-order chi connectivity index (χ1) is 39.0. The first-order valence-electron chi connectivity index (χ1n) is 35.8. The Bertz CT molecular complexity index is 1280. The van der Waals surface area contributed by atoms with Crippen molar-refractivity contribution < 1.29 is 24.5 Å². The van der Waals surface area contributed by atoms with Crippen LogP contribution >= 0.6 is 0 Å². The Morgan fingerprint density at radius 2 is 0.595 bits per heavy atom. The van der Waals surface area contributed by atoms with Gasteiger partial charge in [0, 0.05) is 12.8 Å². The van der Waals surface area contributed by atoms with Crippen LogP contribution in [0.4, 0.5) is 0 Å². The molecule has 0 heterocycles. The van der Waals surface area contributed by atoms with E-state index < -0.39 is 12.1 Å². The van der Waals surface area contributed by atoms with E-state index in [4.69, 9.17) is 4.74 Å². The molecule has 2 atom stereocenters. The molecule has 3 N–H and O–H groups in total. The molecular weight excluding hydrogens is 971 g/mol. The van der Waals surface area contributed by atoms with Crippen LogP contribution in [0, 0.1) is 0 Å². The first kappa shape index (κ1) is 77.1. The Morgan fingerprint density at radius 1 is 0.342 bits per heavy atom. The topological polar surface area (TPSA) is 95.9 Å². The van der Waals surface area contributed by atoms with Crippen LogP contribution in [0.15, 0.2) is 36.5 Å². The van der Waals surface area contributed by atoms with Gasteiger partial charge in [0.1, 0.15) is 0 Å². The van der Waals surface area contributed by atoms with Crippen LogP contribution in [0.1, 0.15) is 393 Å². The highest BCUT2D eigenvalue weighted by Gasteiger charge is 2.18. The summed E-state index contributed by atoms with van der Waals surface area (Å²) in [6.07, 6.45) is 87.9. The number of carbonyl (C=O) groups excluding carboxylic acids is 2. The molecule has 0 aliphatic carbocycles. The van der Waals surface area contributed by atoms with Crippen LogP contribution in [0.5, 0.6) is 0 Å². The zero-order valence-electron chi connectivity index (χ0n) is 53.4. The van der Waals surface area contributed by atoms with Crippen LogP contribution in [0.25, 0.3) is 0 Å². The lowest BCUT2D eigenvalue weighted by molar-refractivity contribution is -0.143. The molecule has 0 radical (unpaired) electrons. The summed E-state index contributed by atoms with van der Waals surface area (Å²) in [5.74, 6) is -0.0643. The lowest BCUT2D eigenvalue weighted by atomic mass is 10.0. The summed E-state index contributed by atoms with van der Waals surface area (Å²) in [5, 5.41) is 23.3. The second-order valence-corrected chi connectivity index (χ2v) is 24.6. The van der Waals surface area contributed by atoms with Crippen LogP contribution in [-0.4, -0.2) is 47.4 Å². The lowest BCUT2D eigenvalue weighted by Crippen LogP contribution is -2.45. The Hall–Kier alpha value is -1.92. The lowest BCUT2D eigenvalue weighted by Gasteiger charge is -2.20. The maximum Gasteiger partial charge on any atom is 0.305 e. The average molecular weight is 1110 g/mol. The van der Waals surface area contributed by atoms with Gasteiger partial charge in [0.05, 0.1) is 25.4 Å². The van der Waals surface area contributed by atoms with E-state index in [-0.39, 0.29) is 18.5 Å². The third-order valence-corrected chi connectivity index (χ3v) is 16.6. The monoisotopic (exact) mass is 1110 g/mol. The Balaban J connectivity index is 3.43. The fourth-order valence-corrected chi connectivity index (χ4v) is 11.2. The van der Waals surface area contributed by atoms with Gasteiger partial charge >= 0.3 is 5.97 Å². The maximum atomic E-state index is 12.5. The molecule has 0 aromatic carbocycles. The van der Waals surface area contributed by atoms with Crippen LogP contribution < -0.4 is 5.32 Å². The molecule has 0 aliphatic rings. The zero-order valence-corrected chi connectivity index (χ0v) is 53.4. The molecule has 0 spiro atoms. The Morgan fingerprint density at radius 3 is 0.899 bits per heavy atom. The van der Waals surface area contributed by atoms with Crippen LogP contribution in [0.2, 0.25) is 0 Å². The van der Waals surface area contributed by atoms with Gasteiger partial charge in [-0.3, -0.25) is 9.59 Å². The molecule has 2 unspecified atom stereocenters. The summed E-state index contributed by atoms with van der Waals surface area (Å²) in [6, 6.07) is -0.635. The van der Waals surface area contributed by atoms with Crippen molar-refractivity contribution in [2.75, 3.05) is 13.2 Å². The van der Waals surface area contributed by atoms with E-state index in [1.807, 2.05) is 6.08 Å². The van der Waals surface area contributed by atoms with Crippen molar-refractivity contribution in [2.24, 2.45) is 0 Å². The molecule has 6 heteroatoms. The van der Waals surface area contributed by atoms with Gasteiger partial charge in [0.2, 0.25) is 5.91 Å². The molecule has 0 rings (SSSR count). The second-order valence-electron chi connectivity index (χ2n) is 24.6. The summed E-state index contributed by atoms with van der Waals surface area (Å²) in [4.78, 5) is 24.6. The van der Waals surface area contributed by atoms with Crippen molar-refractivity contribution in [2.45, 2.75) is 405 Å². The van der Waals surface area contributed by atoms with Crippen molar-refractivity contribution in [1.82, 2.24) is 5.32 Å². The average Bonchev–Trinajstić information content (AvgIpc) is 3.45. The highest BCUT2D eigenvalue weighted by Crippen LogP contribution is 2.18. The van der Waals surface area contributed by atoms with Gasteiger partial charge in [-0.05, 0) is 83.5 Å². The van der Waals surface area contributed by atoms with E-state index in [2.05, 4.69) is 43.5 Å². The number of carbonyl (C=O) groups is 2. The van der Waals surface area contributed by atoms with E-state index in [0.29, 0.717) is 19.4 Å². The summed E-state index contributed by atoms with van der Waals surface area (Å²) < 4.78 is 5.50. The third-order valence-electron chi connectivity index (χ3n) is 16.6. The fraction of sp³-hybridized carbons (Fsp3) is 0.890. The van der Waals surface area contributed by atoms with E-state index in [1.165, 1.54) is 315 Å². The molecule has 6 nitrogen and oxygen atoms in total. The maximum absolute atomic E-state index is 12.5. The van der Waals surface area contributed by atoms with E-state index in [0.717, 1.165) is 51.4 Å². The number of nitrogens with one attached hydrogen (secondary N) is 1. The minimum Gasteiger partial charge on any atom is -0.466 e. The largest absolute Gasteiger partial charge is 0.466 e. The molecule has 0 bridgehead atoms. The Kier molecular flexibility index (Phi) is 66.9. The SMILES string of the molecule is CCCCCCCCC/C=C\CCCCCCCCCC(=O)OCCCCCCCCCCCCC/C=C\CCCCCCCCCC(=O)NC(CO)C(O)/C=C/CCCCCCCCCCCCCCCCCCCCCC. The molecule has 0 aliphatic heterocycles. The molecule has 0 saturated heterocycles. The molecular formula is C73H139NO5. The van der Waals surface area contributed by atoms with Crippen LogP contribution in [-0.2, 0) is 14.3 Å². The highest BCUT2D eigenvalue weighted by atomic mass is 16.5. The molecule has 0 fully saturated rings. The van der Waals surface area contributed by atoms with Gasteiger partial charge in [-0.2, -0.15) is 0 Å². The number of esters is 1. The standard InChI is InChI=1S/C73H139NO5/c1-3-5-7-9-11-13-15-17-19-21-23-24-27-30-33-37-41-45-49-53-57-61-65-71(76)70(69-75)74-72(77)66-62-58-54-50-46-42-38-34-31-28-25-26-29-32-36-40-44-48-52-56-60-64-68-79-73(78)67-63-59-55-51-47-43-39-35-22-20-18-16-14-12-10-8-6-4-2/h20,22,28,31,61,65,70-71,75-76H,3-19,21,23-27,29-30,32-60,62-64,66-69H2,1-2H3,(H,74,77)/b22-20-,31-28-,65-61+. The summed E-state index contributed by atoms with van der Waals surface area (Å²) in [5.41, 5.74) is 0. The summed E-state index contributed by atoms with van der Waals surface area (Å²) in [6.45, 7) is 4.93. The fourth-order valence-electron chi connectivity index (χ4n) is 11.2. The molecule has 0 aromatic rings. The van der Waals surface area contributed by atoms with Crippen LogP contribution in [0.3, 0.4) is 0 Å². The molecule has 466 valence electrons. The van der Waals surface area contributed by atoms with Crippen molar-refractivity contribution in [3.8, 4) is 0 Å². The molecule has 0 saturated carbocycles. The number of amides is 1. The number of allylic oxidation sites excluding steroid dienone is 5. The van der Waals surface area contributed by atoms with Gasteiger partial charge in [0.25, 0.3) is 0 Å². The van der Waals surface area contributed by atoms with Gasteiger partial charge < -0.3 is 20.3 Å². The number of ether oxygens (including phenoxy) is 1. The van der Waals surface area contributed by atoms with Gasteiger partial charge in [-0.25, -0.2) is 0 Å². The molecule has 0 aromatic heterocycles. The normalized spacial score (nSPS) is 12.7. The quantitative estimate of drug-likeness (QED) is 0.0320.